The van der Waals surface area contributed by atoms with E-state index < -0.39 is 22.9 Å². The zero-order valence-electron chi connectivity index (χ0n) is 15.9. The number of imidazole rings is 1. The fourth-order valence-electron chi connectivity index (χ4n) is 2.65. The molecule has 150 valence electrons. The molecule has 0 fully saturated rings. The highest BCUT2D eigenvalue weighted by atomic mass is 16.6. The van der Waals surface area contributed by atoms with Crippen LogP contribution in [0.1, 0.15) is 23.1 Å². The number of carbonyl (C=O) groups is 2. The molecule has 2 heterocycles. The molecule has 0 unspecified atom stereocenters. The summed E-state index contributed by atoms with van der Waals surface area (Å²) in [6.45, 7) is 3.23. The summed E-state index contributed by atoms with van der Waals surface area (Å²) in [7, 11) is 1.37. The van der Waals surface area contributed by atoms with Gasteiger partial charge in [0.05, 0.1) is 18.1 Å². The average Bonchev–Trinajstić information content (AvgIpc) is 3.14. The minimum atomic E-state index is -1.20. The summed E-state index contributed by atoms with van der Waals surface area (Å²) in [6, 6.07) is 9.41. The fraction of sp³-hybridized carbons (Fsp3) is 0.211. The Morgan fingerprint density at radius 1 is 1.28 bits per heavy atom. The Morgan fingerprint density at radius 2 is 2.03 bits per heavy atom. The van der Waals surface area contributed by atoms with Crippen LogP contribution in [0.5, 0.6) is 5.75 Å². The van der Waals surface area contributed by atoms with Crippen LogP contribution >= 0.6 is 0 Å². The SMILES string of the molecule is COc1ccc(NC(=O)[C@@H](C)OC(=O)c2cn3c(C)cccc3n2)c([N+](=O)[O-])c1. The highest BCUT2D eigenvalue weighted by Gasteiger charge is 2.24. The molecule has 0 aliphatic rings. The van der Waals surface area contributed by atoms with Crippen LogP contribution in [0.15, 0.2) is 42.6 Å². The van der Waals surface area contributed by atoms with Crippen molar-refractivity contribution in [3.8, 4) is 5.75 Å². The van der Waals surface area contributed by atoms with Crippen molar-refractivity contribution in [2.24, 2.45) is 0 Å². The van der Waals surface area contributed by atoms with E-state index in [-0.39, 0.29) is 22.8 Å². The molecule has 1 atom stereocenters. The minimum Gasteiger partial charge on any atom is -0.496 e. The number of hydrogen-bond donors (Lipinski definition) is 1. The van der Waals surface area contributed by atoms with E-state index in [1.54, 1.807) is 10.5 Å². The van der Waals surface area contributed by atoms with Crippen molar-refractivity contribution in [3.05, 3.63) is 64.1 Å². The van der Waals surface area contributed by atoms with Crippen LogP contribution in [-0.2, 0) is 9.53 Å². The Bertz CT molecular complexity index is 1110. The number of fused-ring (bicyclic) bond motifs is 1. The summed E-state index contributed by atoms with van der Waals surface area (Å²) in [5.74, 6) is -1.22. The highest BCUT2D eigenvalue weighted by molar-refractivity contribution is 5.98. The number of rotatable bonds is 6. The number of carbonyl (C=O) groups excluding carboxylic acids is 2. The molecule has 3 rings (SSSR count). The second-order valence-corrected chi connectivity index (χ2v) is 6.20. The van der Waals surface area contributed by atoms with Crippen LogP contribution in [0.3, 0.4) is 0 Å². The first kappa shape index (κ1) is 19.8. The van der Waals surface area contributed by atoms with Crippen molar-refractivity contribution >= 4 is 28.9 Å². The number of benzene rings is 1. The zero-order chi connectivity index (χ0) is 21.1. The molecule has 0 saturated heterocycles. The second kappa shape index (κ2) is 7.97. The maximum Gasteiger partial charge on any atom is 0.359 e. The topological polar surface area (TPSA) is 125 Å². The molecular weight excluding hydrogens is 380 g/mol. The van der Waals surface area contributed by atoms with Gasteiger partial charge in [0.2, 0.25) is 0 Å². The summed E-state index contributed by atoms with van der Waals surface area (Å²) in [6.07, 6.45) is 0.321. The Labute approximate surface area is 165 Å². The molecule has 10 nitrogen and oxygen atoms in total. The molecule has 0 saturated carbocycles. The van der Waals surface area contributed by atoms with E-state index in [0.29, 0.717) is 5.65 Å². The quantitative estimate of drug-likeness (QED) is 0.384. The van der Waals surface area contributed by atoms with Gasteiger partial charge in [-0.1, -0.05) is 6.07 Å². The van der Waals surface area contributed by atoms with E-state index >= 15 is 0 Å². The van der Waals surface area contributed by atoms with Crippen molar-refractivity contribution < 1.29 is 24.0 Å². The summed E-state index contributed by atoms with van der Waals surface area (Å²) < 4.78 is 11.8. The number of aryl methyl sites for hydroxylation is 1. The van der Waals surface area contributed by atoms with Crippen LogP contribution in [0.25, 0.3) is 5.65 Å². The van der Waals surface area contributed by atoms with Gasteiger partial charge < -0.3 is 19.2 Å². The van der Waals surface area contributed by atoms with Gasteiger partial charge in [-0.25, -0.2) is 9.78 Å². The molecule has 3 aromatic rings. The summed E-state index contributed by atoms with van der Waals surface area (Å²) >= 11 is 0. The van der Waals surface area contributed by atoms with Crippen LogP contribution in [-0.4, -0.2) is 39.4 Å². The first-order valence-electron chi connectivity index (χ1n) is 8.59. The molecular formula is C19H18N4O6. The first-order chi connectivity index (χ1) is 13.8. The fourth-order valence-corrected chi connectivity index (χ4v) is 2.65. The number of nitrogens with zero attached hydrogens (tertiary/aromatic N) is 3. The number of nitrogens with one attached hydrogen (secondary N) is 1. The third-order valence-electron chi connectivity index (χ3n) is 4.22. The number of nitro benzene ring substituents is 1. The van der Waals surface area contributed by atoms with E-state index in [2.05, 4.69) is 10.3 Å². The predicted molar refractivity (Wildman–Crippen MR) is 103 cm³/mol. The highest BCUT2D eigenvalue weighted by Crippen LogP contribution is 2.29. The standard InChI is InChI=1S/C19H18N4O6/c1-11-5-4-6-17-20-15(10-22(11)17)19(25)29-12(2)18(24)21-14-8-7-13(28-3)9-16(14)23(26)27/h4-10,12H,1-3H3,(H,21,24)/t12-/m1/s1. The van der Waals surface area contributed by atoms with Crippen LogP contribution in [0, 0.1) is 17.0 Å². The smallest absolute Gasteiger partial charge is 0.359 e. The largest absolute Gasteiger partial charge is 0.496 e. The van der Waals surface area contributed by atoms with Gasteiger partial charge in [-0.05, 0) is 38.1 Å². The summed E-state index contributed by atoms with van der Waals surface area (Å²) in [4.78, 5) is 39.5. The lowest BCUT2D eigenvalue weighted by Gasteiger charge is -2.13. The van der Waals surface area contributed by atoms with Gasteiger partial charge in [0.15, 0.2) is 11.8 Å². The van der Waals surface area contributed by atoms with Gasteiger partial charge >= 0.3 is 5.97 Å². The van der Waals surface area contributed by atoms with Crippen molar-refractivity contribution in [3.63, 3.8) is 0 Å². The maximum atomic E-state index is 12.4. The average molecular weight is 398 g/mol. The zero-order valence-corrected chi connectivity index (χ0v) is 15.9. The number of amides is 1. The monoisotopic (exact) mass is 398 g/mol. The molecule has 10 heteroatoms. The normalized spacial score (nSPS) is 11.7. The Balaban J connectivity index is 1.72. The molecule has 0 aliphatic carbocycles. The van der Waals surface area contributed by atoms with Crippen LogP contribution < -0.4 is 10.1 Å². The molecule has 2 aromatic heterocycles. The molecule has 0 radical (unpaired) electrons. The third kappa shape index (κ3) is 4.15. The van der Waals surface area contributed by atoms with E-state index in [0.717, 1.165) is 5.69 Å². The molecule has 1 amide bonds. The van der Waals surface area contributed by atoms with Crippen molar-refractivity contribution in [2.75, 3.05) is 12.4 Å². The van der Waals surface area contributed by atoms with E-state index in [1.165, 1.54) is 38.4 Å². The lowest BCUT2D eigenvalue weighted by molar-refractivity contribution is -0.384. The Morgan fingerprint density at radius 3 is 2.69 bits per heavy atom. The van der Waals surface area contributed by atoms with Crippen molar-refractivity contribution in [1.29, 1.82) is 0 Å². The third-order valence-corrected chi connectivity index (χ3v) is 4.22. The molecule has 0 bridgehead atoms. The van der Waals surface area contributed by atoms with Crippen LogP contribution in [0.2, 0.25) is 0 Å². The number of methoxy groups -OCH3 is 1. The summed E-state index contributed by atoms with van der Waals surface area (Å²) in [5, 5.41) is 13.6. The van der Waals surface area contributed by atoms with Gasteiger partial charge in [-0.15, -0.1) is 0 Å². The number of hydrogen-bond acceptors (Lipinski definition) is 7. The Hall–Kier alpha value is -3.95. The molecule has 0 spiro atoms. The lowest BCUT2D eigenvalue weighted by Crippen LogP contribution is -2.30. The van der Waals surface area contributed by atoms with E-state index in [4.69, 9.17) is 9.47 Å². The molecule has 1 N–H and O–H groups in total. The minimum absolute atomic E-state index is 0.0351. The molecule has 29 heavy (non-hydrogen) atoms. The Kier molecular flexibility index (Phi) is 5.44. The van der Waals surface area contributed by atoms with E-state index in [9.17, 15) is 19.7 Å². The number of nitro groups is 1. The van der Waals surface area contributed by atoms with Gasteiger partial charge in [0.25, 0.3) is 11.6 Å². The summed E-state index contributed by atoms with van der Waals surface area (Å²) in [5.41, 5.74) is 1.13. The number of anilines is 1. The number of aromatic nitrogens is 2. The van der Waals surface area contributed by atoms with Gasteiger partial charge in [0.1, 0.15) is 17.1 Å². The maximum absolute atomic E-state index is 12.4. The van der Waals surface area contributed by atoms with Gasteiger partial charge in [-0.2, -0.15) is 0 Å². The molecule has 1 aromatic carbocycles. The van der Waals surface area contributed by atoms with Gasteiger partial charge in [-0.3, -0.25) is 14.9 Å². The second-order valence-electron chi connectivity index (χ2n) is 6.20. The number of pyridine rings is 1. The first-order valence-corrected chi connectivity index (χ1v) is 8.59. The van der Waals surface area contributed by atoms with E-state index in [1.807, 2.05) is 19.1 Å². The molecule has 0 aliphatic heterocycles. The van der Waals surface area contributed by atoms with Crippen molar-refractivity contribution in [1.82, 2.24) is 9.38 Å². The lowest BCUT2D eigenvalue weighted by atomic mass is 10.2. The number of ether oxygens (including phenoxy) is 2. The van der Waals surface area contributed by atoms with Crippen molar-refractivity contribution in [2.45, 2.75) is 20.0 Å². The van der Waals surface area contributed by atoms with Gasteiger partial charge in [0, 0.05) is 11.9 Å². The van der Waals surface area contributed by atoms with Crippen LogP contribution in [0.4, 0.5) is 11.4 Å². The number of esters is 1. The predicted octanol–water partition coefficient (Wildman–Crippen LogP) is 2.74.